The van der Waals surface area contributed by atoms with Gasteiger partial charge in [0.1, 0.15) is 0 Å². The van der Waals surface area contributed by atoms with Crippen LogP contribution in [0.4, 0.5) is 5.95 Å². The number of hydrogen-bond donors (Lipinski definition) is 2. The van der Waals surface area contributed by atoms with Crippen molar-refractivity contribution in [2.24, 2.45) is 11.1 Å². The molecule has 2 aromatic rings. The third-order valence-electron chi connectivity index (χ3n) is 3.36. The molecule has 112 valence electrons. The molecule has 21 heavy (non-hydrogen) atoms. The number of aromatic nitrogens is 2. The number of imidazole rings is 1. The van der Waals surface area contributed by atoms with E-state index < -0.39 is 6.04 Å². The number of amides is 1. The van der Waals surface area contributed by atoms with Crippen LogP contribution in [-0.4, -0.2) is 21.5 Å². The smallest absolute Gasteiger partial charge is 0.244 e. The van der Waals surface area contributed by atoms with Gasteiger partial charge in [0.15, 0.2) is 0 Å². The number of rotatable bonds is 4. The van der Waals surface area contributed by atoms with E-state index in [0.717, 1.165) is 5.56 Å². The molecule has 0 spiro atoms. The first kappa shape index (κ1) is 15.3. The molecule has 0 unspecified atom stereocenters. The monoisotopic (exact) mass is 286 g/mol. The van der Waals surface area contributed by atoms with Crippen LogP contribution >= 0.6 is 0 Å². The van der Waals surface area contributed by atoms with Crippen LogP contribution in [0.25, 0.3) is 0 Å². The zero-order valence-corrected chi connectivity index (χ0v) is 12.7. The minimum atomic E-state index is -0.584. The van der Waals surface area contributed by atoms with E-state index in [9.17, 15) is 4.79 Å². The Hall–Kier alpha value is -2.14. The average Bonchev–Trinajstić information content (AvgIpc) is 2.85. The summed E-state index contributed by atoms with van der Waals surface area (Å²) in [5.74, 6) is 0.298. The summed E-state index contributed by atoms with van der Waals surface area (Å²) in [5, 5.41) is 2.81. The van der Waals surface area contributed by atoms with Crippen molar-refractivity contribution < 1.29 is 4.79 Å². The van der Waals surface area contributed by atoms with Crippen LogP contribution in [-0.2, 0) is 11.3 Å². The Kier molecular flexibility index (Phi) is 4.43. The second-order valence-corrected chi connectivity index (χ2v) is 6.20. The van der Waals surface area contributed by atoms with Crippen molar-refractivity contribution in [2.75, 3.05) is 5.32 Å². The van der Waals surface area contributed by atoms with Crippen LogP contribution in [0.3, 0.4) is 0 Å². The second-order valence-electron chi connectivity index (χ2n) is 6.20. The fraction of sp³-hybridized carbons (Fsp3) is 0.375. The third kappa shape index (κ3) is 3.92. The Bertz CT molecular complexity index is 598. The predicted octanol–water partition coefficient (Wildman–Crippen LogP) is 2.24. The van der Waals surface area contributed by atoms with Crippen molar-refractivity contribution in [1.82, 2.24) is 9.55 Å². The first-order chi connectivity index (χ1) is 9.88. The van der Waals surface area contributed by atoms with Crippen molar-refractivity contribution >= 4 is 11.9 Å². The van der Waals surface area contributed by atoms with E-state index in [4.69, 9.17) is 5.73 Å². The van der Waals surface area contributed by atoms with E-state index in [1.54, 1.807) is 6.20 Å². The molecule has 0 aliphatic rings. The lowest BCUT2D eigenvalue weighted by atomic mass is 9.87. The third-order valence-corrected chi connectivity index (χ3v) is 3.36. The normalized spacial score (nSPS) is 13.0. The van der Waals surface area contributed by atoms with Gasteiger partial charge in [0.25, 0.3) is 0 Å². The second kappa shape index (κ2) is 6.10. The summed E-state index contributed by atoms with van der Waals surface area (Å²) >= 11 is 0. The van der Waals surface area contributed by atoms with Crippen molar-refractivity contribution in [3.05, 3.63) is 48.3 Å². The maximum absolute atomic E-state index is 12.2. The molecule has 0 bridgehead atoms. The van der Waals surface area contributed by atoms with Crippen LogP contribution in [0.15, 0.2) is 42.7 Å². The summed E-state index contributed by atoms with van der Waals surface area (Å²) < 4.78 is 1.89. The first-order valence-corrected chi connectivity index (χ1v) is 6.99. The van der Waals surface area contributed by atoms with Gasteiger partial charge in [-0.1, -0.05) is 51.1 Å². The molecular weight excluding hydrogens is 264 g/mol. The summed E-state index contributed by atoms with van der Waals surface area (Å²) in [5.41, 5.74) is 6.82. The molecule has 0 aliphatic heterocycles. The number of carbonyl (C=O) groups excluding carboxylic acids is 1. The van der Waals surface area contributed by atoms with Gasteiger partial charge in [-0.15, -0.1) is 0 Å². The lowest BCUT2D eigenvalue weighted by Crippen LogP contribution is -2.45. The minimum absolute atomic E-state index is 0.219. The largest absolute Gasteiger partial charge is 0.319 e. The van der Waals surface area contributed by atoms with Crippen LogP contribution in [0.2, 0.25) is 0 Å². The van der Waals surface area contributed by atoms with Crippen molar-refractivity contribution in [1.29, 1.82) is 0 Å². The van der Waals surface area contributed by atoms with E-state index in [1.165, 1.54) is 0 Å². The average molecular weight is 286 g/mol. The van der Waals surface area contributed by atoms with Crippen LogP contribution in [0, 0.1) is 5.41 Å². The summed E-state index contributed by atoms with van der Waals surface area (Å²) in [6.45, 7) is 6.47. The molecule has 1 aromatic carbocycles. The number of benzene rings is 1. The molecular formula is C16H22N4O. The van der Waals surface area contributed by atoms with E-state index in [1.807, 2.05) is 61.9 Å². The zero-order valence-electron chi connectivity index (χ0n) is 12.7. The predicted molar refractivity (Wildman–Crippen MR) is 83.8 cm³/mol. The van der Waals surface area contributed by atoms with Gasteiger partial charge < -0.3 is 10.3 Å². The number of anilines is 1. The summed E-state index contributed by atoms with van der Waals surface area (Å²) in [4.78, 5) is 16.4. The molecule has 1 atom stereocenters. The SMILES string of the molecule is CC(C)(C)[C@H](N)C(=O)Nc1nccn1Cc1ccccc1. The van der Waals surface area contributed by atoms with E-state index in [-0.39, 0.29) is 11.3 Å². The molecule has 2 rings (SSSR count). The fourth-order valence-electron chi connectivity index (χ4n) is 1.92. The molecule has 0 saturated carbocycles. The van der Waals surface area contributed by atoms with E-state index in [2.05, 4.69) is 10.3 Å². The number of hydrogen-bond acceptors (Lipinski definition) is 3. The fourth-order valence-corrected chi connectivity index (χ4v) is 1.92. The molecule has 3 N–H and O–H groups in total. The van der Waals surface area contributed by atoms with Crippen molar-refractivity contribution in [3.63, 3.8) is 0 Å². The Labute approximate surface area is 125 Å². The Morgan fingerprint density at radius 3 is 2.62 bits per heavy atom. The van der Waals surface area contributed by atoms with Gasteiger partial charge in [0.2, 0.25) is 11.9 Å². The van der Waals surface area contributed by atoms with Crippen LogP contribution < -0.4 is 11.1 Å². The van der Waals surface area contributed by atoms with Crippen LogP contribution in [0.5, 0.6) is 0 Å². The molecule has 1 amide bonds. The zero-order chi connectivity index (χ0) is 15.5. The van der Waals surface area contributed by atoms with Gasteiger partial charge in [0.05, 0.1) is 12.6 Å². The minimum Gasteiger partial charge on any atom is -0.319 e. The molecule has 1 aromatic heterocycles. The molecule has 5 heteroatoms. The van der Waals surface area contributed by atoms with Crippen LogP contribution in [0.1, 0.15) is 26.3 Å². The van der Waals surface area contributed by atoms with Gasteiger partial charge in [0, 0.05) is 12.4 Å². The highest BCUT2D eigenvalue weighted by molar-refractivity contribution is 5.93. The number of nitrogens with zero attached hydrogens (tertiary/aromatic N) is 2. The highest BCUT2D eigenvalue weighted by Gasteiger charge is 2.28. The molecule has 0 aliphatic carbocycles. The molecule has 0 saturated heterocycles. The Balaban J connectivity index is 2.09. The molecule has 5 nitrogen and oxygen atoms in total. The van der Waals surface area contributed by atoms with Gasteiger partial charge in [-0.25, -0.2) is 4.98 Å². The number of nitrogens with one attached hydrogen (secondary N) is 1. The van der Waals surface area contributed by atoms with Gasteiger partial charge >= 0.3 is 0 Å². The maximum Gasteiger partial charge on any atom is 0.244 e. The standard InChI is InChI=1S/C16H22N4O/c1-16(2,3)13(17)14(21)19-15-18-9-10-20(15)11-12-7-5-4-6-8-12/h4-10,13H,11,17H2,1-3H3,(H,18,19,21)/t13-/m1/s1. The summed E-state index contributed by atoms with van der Waals surface area (Å²) in [7, 11) is 0. The first-order valence-electron chi connectivity index (χ1n) is 6.99. The van der Waals surface area contributed by atoms with Gasteiger partial charge in [-0.2, -0.15) is 0 Å². The Morgan fingerprint density at radius 2 is 2.00 bits per heavy atom. The highest BCUT2D eigenvalue weighted by atomic mass is 16.2. The van der Waals surface area contributed by atoms with Gasteiger partial charge in [-0.3, -0.25) is 10.1 Å². The topological polar surface area (TPSA) is 72.9 Å². The maximum atomic E-state index is 12.2. The van der Waals surface area contributed by atoms with Crippen molar-refractivity contribution in [2.45, 2.75) is 33.4 Å². The molecule has 0 fully saturated rings. The lowest BCUT2D eigenvalue weighted by Gasteiger charge is -2.25. The lowest BCUT2D eigenvalue weighted by molar-refractivity contribution is -0.119. The molecule has 1 heterocycles. The van der Waals surface area contributed by atoms with E-state index >= 15 is 0 Å². The quantitative estimate of drug-likeness (QED) is 0.905. The Morgan fingerprint density at radius 1 is 1.33 bits per heavy atom. The number of nitrogens with two attached hydrogens (primary N) is 1. The summed E-state index contributed by atoms with van der Waals surface area (Å²) in [6.07, 6.45) is 3.51. The number of carbonyl (C=O) groups is 1. The molecule has 0 radical (unpaired) electrons. The van der Waals surface area contributed by atoms with Crippen molar-refractivity contribution in [3.8, 4) is 0 Å². The summed E-state index contributed by atoms with van der Waals surface area (Å²) in [6, 6.07) is 9.43. The van der Waals surface area contributed by atoms with Gasteiger partial charge in [-0.05, 0) is 11.0 Å². The highest BCUT2D eigenvalue weighted by Crippen LogP contribution is 2.19. The van der Waals surface area contributed by atoms with E-state index in [0.29, 0.717) is 12.5 Å².